The Morgan fingerprint density at radius 2 is 1.45 bits per heavy atom. The van der Waals surface area contributed by atoms with Crippen molar-refractivity contribution in [3.8, 4) is 5.75 Å². The van der Waals surface area contributed by atoms with E-state index in [0.717, 1.165) is 16.5 Å². The normalized spacial score (nSPS) is 13.6. The number of unbranched alkanes of at least 4 members (excludes halogenated alkanes) is 1. The minimum Gasteiger partial charge on any atom is -0.508 e. The van der Waals surface area contributed by atoms with E-state index in [1.165, 1.54) is 12.1 Å². The molecule has 3 rings (SSSR count). The number of nitrogens with zero attached hydrogens (tertiary/aromatic N) is 1. The van der Waals surface area contributed by atoms with Crippen LogP contribution >= 0.6 is 0 Å². The Kier molecular flexibility index (Phi) is 14.0. The number of aliphatic imine (C=N–C) groups is 1. The molecule has 15 nitrogen and oxygen atoms in total. The molecule has 0 aliphatic heterocycles. The number of phenolic OH excluding ortho intramolecular Hbond substituents is 1. The number of carbonyl (C=O) groups is 4. The fraction of sp³-hybridized carbons (Fsp3) is 0.406. The molecule has 3 aromatic rings. The van der Waals surface area contributed by atoms with Crippen LogP contribution in [-0.4, -0.2) is 82.1 Å². The maximum Gasteiger partial charge on any atom is 0.326 e. The highest BCUT2D eigenvalue weighted by molar-refractivity contribution is 5.94. The highest BCUT2D eigenvalue weighted by atomic mass is 16.4. The van der Waals surface area contributed by atoms with Crippen LogP contribution in [0.25, 0.3) is 10.9 Å². The van der Waals surface area contributed by atoms with E-state index in [1.807, 2.05) is 24.3 Å². The van der Waals surface area contributed by atoms with Crippen LogP contribution in [0.5, 0.6) is 5.75 Å². The van der Waals surface area contributed by atoms with Gasteiger partial charge in [0.1, 0.15) is 23.9 Å². The maximum absolute atomic E-state index is 13.7. The number of benzene rings is 2. The summed E-state index contributed by atoms with van der Waals surface area (Å²) in [5.74, 6) is -3.33. The van der Waals surface area contributed by atoms with Crippen molar-refractivity contribution in [3.63, 3.8) is 0 Å². The third-order valence-corrected chi connectivity index (χ3v) is 7.60. The zero-order valence-electron chi connectivity index (χ0n) is 26.2. The van der Waals surface area contributed by atoms with Crippen molar-refractivity contribution in [3.05, 3.63) is 65.9 Å². The van der Waals surface area contributed by atoms with Gasteiger partial charge < -0.3 is 54.1 Å². The van der Waals surface area contributed by atoms with Crippen LogP contribution < -0.4 is 38.9 Å². The van der Waals surface area contributed by atoms with Gasteiger partial charge in [-0.25, -0.2) is 4.79 Å². The lowest BCUT2D eigenvalue weighted by Gasteiger charge is -2.25. The molecule has 0 bridgehead atoms. The molecule has 4 atom stereocenters. The van der Waals surface area contributed by atoms with E-state index in [9.17, 15) is 29.4 Å². The van der Waals surface area contributed by atoms with Gasteiger partial charge in [-0.05, 0) is 74.4 Å². The van der Waals surface area contributed by atoms with E-state index >= 15 is 0 Å². The number of fused-ring (bicyclic) bond motifs is 1. The van der Waals surface area contributed by atoms with Crippen LogP contribution in [0.4, 0.5) is 0 Å². The van der Waals surface area contributed by atoms with Gasteiger partial charge in [0.05, 0.1) is 6.04 Å². The van der Waals surface area contributed by atoms with Gasteiger partial charge in [-0.2, -0.15) is 0 Å². The van der Waals surface area contributed by atoms with Crippen molar-refractivity contribution < 1.29 is 29.4 Å². The predicted octanol–water partition coefficient (Wildman–Crippen LogP) is -0.292. The number of aromatic nitrogens is 1. The van der Waals surface area contributed by atoms with Gasteiger partial charge in [0.2, 0.25) is 17.7 Å². The summed E-state index contributed by atoms with van der Waals surface area (Å²) in [6.45, 7) is 0.561. The largest absolute Gasteiger partial charge is 0.508 e. The van der Waals surface area contributed by atoms with Gasteiger partial charge in [-0.15, -0.1) is 0 Å². The lowest BCUT2D eigenvalue weighted by molar-refractivity contribution is -0.142. The number of aromatic hydroxyl groups is 1. The second-order valence-corrected chi connectivity index (χ2v) is 11.3. The average Bonchev–Trinajstić information content (AvgIpc) is 3.44. The summed E-state index contributed by atoms with van der Waals surface area (Å²) in [4.78, 5) is 59.4. The van der Waals surface area contributed by atoms with E-state index in [1.54, 1.807) is 18.3 Å². The molecule has 0 aliphatic carbocycles. The Bertz CT molecular complexity index is 1520. The van der Waals surface area contributed by atoms with Crippen molar-refractivity contribution in [2.24, 2.45) is 27.9 Å². The van der Waals surface area contributed by atoms with Crippen molar-refractivity contribution >= 4 is 40.6 Å². The molecule has 0 radical (unpaired) electrons. The molecule has 47 heavy (non-hydrogen) atoms. The SMILES string of the molecule is NCCCCC(NC(=O)C(Cc1ccc(O)cc1)NC(=O)C(CCCN=C(N)N)NC(=O)C(N)Cc1c[nH]c2ccccc12)C(=O)O. The Balaban J connectivity index is 1.79. The van der Waals surface area contributed by atoms with Crippen molar-refractivity contribution in [1.29, 1.82) is 0 Å². The molecule has 14 N–H and O–H groups in total. The molecule has 3 amide bonds. The molecule has 15 heteroatoms. The minimum absolute atomic E-state index is 0.0113. The van der Waals surface area contributed by atoms with Crippen LogP contribution in [-0.2, 0) is 32.0 Å². The van der Waals surface area contributed by atoms with Crippen LogP contribution in [0.3, 0.4) is 0 Å². The number of hydrogen-bond acceptors (Lipinski definition) is 8. The molecule has 0 saturated heterocycles. The number of H-pyrrole nitrogens is 1. The van der Waals surface area contributed by atoms with Gasteiger partial charge in [-0.1, -0.05) is 30.3 Å². The number of nitrogens with one attached hydrogen (secondary N) is 4. The lowest BCUT2D eigenvalue weighted by Crippen LogP contribution is -2.57. The highest BCUT2D eigenvalue weighted by Gasteiger charge is 2.30. The van der Waals surface area contributed by atoms with Crippen LogP contribution in [0.15, 0.2) is 59.7 Å². The second-order valence-electron chi connectivity index (χ2n) is 11.3. The van der Waals surface area contributed by atoms with Gasteiger partial charge in [0, 0.05) is 30.1 Å². The van der Waals surface area contributed by atoms with Crippen molar-refractivity contribution in [1.82, 2.24) is 20.9 Å². The topological polar surface area (TPSA) is 277 Å². The fourth-order valence-electron chi connectivity index (χ4n) is 5.05. The molecule has 0 saturated carbocycles. The molecule has 0 aliphatic rings. The molecule has 1 heterocycles. The second kappa shape index (κ2) is 18.1. The zero-order chi connectivity index (χ0) is 34.3. The average molecular weight is 652 g/mol. The van der Waals surface area contributed by atoms with E-state index in [4.69, 9.17) is 22.9 Å². The van der Waals surface area contributed by atoms with Crippen LogP contribution in [0.2, 0.25) is 0 Å². The third kappa shape index (κ3) is 11.6. The molecule has 2 aromatic carbocycles. The molecular formula is C32H45N9O6. The summed E-state index contributed by atoms with van der Waals surface area (Å²) in [5, 5.41) is 28.2. The standard InChI is InChI=1S/C32H45N9O6/c33-14-4-3-8-26(31(46)47)40-30(45)27(16-19-10-12-21(42)13-11-19)41-29(44)25(9-5-15-37-32(35)36)39-28(43)23(34)17-20-18-38-24-7-2-1-6-22(20)24/h1-2,6-7,10-13,18,23,25-27,38,42H,3-5,8-9,14-17,33-34H2,(H,39,43)(H,40,45)(H,41,44)(H,46,47)(H4,35,36,37). The monoisotopic (exact) mass is 651 g/mol. The smallest absolute Gasteiger partial charge is 0.326 e. The third-order valence-electron chi connectivity index (χ3n) is 7.60. The molecule has 1 aromatic heterocycles. The number of carbonyl (C=O) groups excluding carboxylic acids is 3. The number of guanidine groups is 1. The van der Waals surface area contributed by atoms with Gasteiger partial charge in [0.25, 0.3) is 0 Å². The number of carboxylic acids is 1. The first-order chi connectivity index (χ1) is 22.5. The quantitative estimate of drug-likeness (QED) is 0.0459. The first-order valence-corrected chi connectivity index (χ1v) is 15.5. The first-order valence-electron chi connectivity index (χ1n) is 15.5. The Morgan fingerprint density at radius 1 is 0.809 bits per heavy atom. The number of para-hydroxylation sites is 1. The van der Waals surface area contributed by atoms with E-state index < -0.39 is 47.9 Å². The molecule has 4 unspecified atom stereocenters. The summed E-state index contributed by atoms with van der Waals surface area (Å²) in [7, 11) is 0. The van der Waals surface area contributed by atoms with Gasteiger partial charge >= 0.3 is 5.97 Å². The number of hydrogen-bond donors (Lipinski definition) is 10. The van der Waals surface area contributed by atoms with Crippen molar-refractivity contribution in [2.75, 3.05) is 13.1 Å². The van der Waals surface area contributed by atoms with E-state index in [2.05, 4.69) is 25.9 Å². The summed E-state index contributed by atoms with van der Waals surface area (Å²) in [6, 6.07) is 9.07. The summed E-state index contributed by atoms with van der Waals surface area (Å²) >= 11 is 0. The Labute approximate surface area is 272 Å². The number of rotatable bonds is 19. The molecule has 0 fully saturated rings. The summed E-state index contributed by atoms with van der Waals surface area (Å²) < 4.78 is 0. The zero-order valence-corrected chi connectivity index (χ0v) is 26.2. The number of amides is 3. The number of aromatic amines is 1. The number of carboxylic acid groups (broad SMARTS) is 1. The van der Waals surface area contributed by atoms with Gasteiger partial charge in [-0.3, -0.25) is 19.4 Å². The van der Waals surface area contributed by atoms with Gasteiger partial charge in [0.15, 0.2) is 5.96 Å². The lowest BCUT2D eigenvalue weighted by atomic mass is 10.0. The molecular weight excluding hydrogens is 606 g/mol. The number of nitrogens with two attached hydrogens (primary N) is 4. The van der Waals surface area contributed by atoms with Crippen LogP contribution in [0, 0.1) is 0 Å². The summed E-state index contributed by atoms with van der Waals surface area (Å²) in [5.41, 5.74) is 25.0. The highest BCUT2D eigenvalue weighted by Crippen LogP contribution is 2.19. The fourth-order valence-corrected chi connectivity index (χ4v) is 5.05. The van der Waals surface area contributed by atoms with E-state index in [0.29, 0.717) is 31.4 Å². The number of aliphatic carboxylic acids is 1. The maximum atomic E-state index is 13.7. The molecule has 254 valence electrons. The minimum atomic E-state index is -1.22. The Hall–Kier alpha value is -5.15. The Morgan fingerprint density at radius 3 is 2.13 bits per heavy atom. The predicted molar refractivity (Wildman–Crippen MR) is 178 cm³/mol. The van der Waals surface area contributed by atoms with E-state index in [-0.39, 0.29) is 43.9 Å². The summed E-state index contributed by atoms with van der Waals surface area (Å²) in [6.07, 6.45) is 3.58. The molecule has 0 spiro atoms. The van der Waals surface area contributed by atoms with Crippen molar-refractivity contribution in [2.45, 2.75) is 69.1 Å². The first kappa shape index (κ1) is 36.3. The van der Waals surface area contributed by atoms with Crippen LogP contribution in [0.1, 0.15) is 43.2 Å². The number of phenols is 1.